The first-order valence-corrected chi connectivity index (χ1v) is 7.41. The Morgan fingerprint density at radius 1 is 1.16 bits per heavy atom. The topological polar surface area (TPSA) is 23.6 Å². The summed E-state index contributed by atoms with van der Waals surface area (Å²) in [6.45, 7) is 3.83. The Balaban J connectivity index is 1.66. The summed E-state index contributed by atoms with van der Waals surface area (Å²) < 4.78 is 0. The van der Waals surface area contributed by atoms with Crippen LogP contribution >= 0.6 is 11.6 Å². The molecule has 0 N–H and O–H groups in total. The molecule has 0 atom stereocenters. The van der Waals surface area contributed by atoms with Crippen LogP contribution in [0, 0.1) is 0 Å². The molecule has 1 aliphatic heterocycles. The highest BCUT2D eigenvalue weighted by Crippen LogP contribution is 2.27. The van der Waals surface area contributed by atoms with Gasteiger partial charge in [0.15, 0.2) is 0 Å². The summed E-state index contributed by atoms with van der Waals surface area (Å²) in [5, 5.41) is 0.625. The van der Waals surface area contributed by atoms with Crippen molar-refractivity contribution in [3.63, 3.8) is 0 Å². The molecule has 3 nitrogen and oxygen atoms in total. The molecule has 1 saturated heterocycles. The van der Waals surface area contributed by atoms with Gasteiger partial charge in [0.2, 0.25) is 0 Å². The van der Waals surface area contributed by atoms with Gasteiger partial charge in [-0.05, 0) is 37.5 Å². The second kappa shape index (κ2) is 5.51. The quantitative estimate of drug-likeness (QED) is 0.830. The SMILES string of the molecule is O=C(c1cccc(Cl)c1)N1CCCN(C2CC2)CC1. The van der Waals surface area contributed by atoms with Crippen molar-refractivity contribution in [2.24, 2.45) is 0 Å². The number of carbonyl (C=O) groups is 1. The van der Waals surface area contributed by atoms with E-state index in [0.29, 0.717) is 10.6 Å². The fraction of sp³-hybridized carbons (Fsp3) is 0.533. The summed E-state index contributed by atoms with van der Waals surface area (Å²) in [6, 6.07) is 8.03. The molecule has 2 fully saturated rings. The predicted octanol–water partition coefficient (Wildman–Crippen LogP) is 2.65. The van der Waals surface area contributed by atoms with Gasteiger partial charge in [-0.2, -0.15) is 0 Å². The highest BCUT2D eigenvalue weighted by Gasteiger charge is 2.30. The molecule has 1 aliphatic carbocycles. The molecule has 1 amide bonds. The zero-order chi connectivity index (χ0) is 13.2. The Kier molecular flexibility index (Phi) is 3.76. The maximum Gasteiger partial charge on any atom is 0.253 e. The number of halogens is 1. The van der Waals surface area contributed by atoms with Gasteiger partial charge in [0, 0.05) is 42.8 Å². The number of benzene rings is 1. The average Bonchev–Trinajstić information content (AvgIpc) is 3.23. The van der Waals surface area contributed by atoms with Crippen LogP contribution in [0.1, 0.15) is 29.6 Å². The molecule has 1 aromatic rings. The van der Waals surface area contributed by atoms with Crippen molar-refractivity contribution < 1.29 is 4.79 Å². The maximum atomic E-state index is 12.4. The van der Waals surface area contributed by atoms with Crippen LogP contribution in [-0.2, 0) is 0 Å². The minimum Gasteiger partial charge on any atom is -0.337 e. The minimum atomic E-state index is 0.111. The Morgan fingerprint density at radius 3 is 2.74 bits per heavy atom. The highest BCUT2D eigenvalue weighted by atomic mass is 35.5. The van der Waals surface area contributed by atoms with E-state index >= 15 is 0 Å². The number of amides is 1. The van der Waals surface area contributed by atoms with Crippen molar-refractivity contribution in [3.8, 4) is 0 Å². The van der Waals surface area contributed by atoms with Crippen molar-refractivity contribution in [3.05, 3.63) is 34.9 Å². The Bertz CT molecular complexity index is 473. The lowest BCUT2D eigenvalue weighted by atomic mass is 10.2. The average molecular weight is 279 g/mol. The van der Waals surface area contributed by atoms with E-state index in [1.54, 1.807) is 12.1 Å². The molecule has 0 unspecified atom stereocenters. The second-order valence-electron chi connectivity index (χ2n) is 5.42. The minimum absolute atomic E-state index is 0.111. The summed E-state index contributed by atoms with van der Waals surface area (Å²) >= 11 is 5.95. The van der Waals surface area contributed by atoms with Gasteiger partial charge in [-0.25, -0.2) is 0 Å². The van der Waals surface area contributed by atoms with E-state index in [2.05, 4.69) is 4.90 Å². The van der Waals surface area contributed by atoms with E-state index < -0.39 is 0 Å². The van der Waals surface area contributed by atoms with Crippen molar-refractivity contribution in [1.82, 2.24) is 9.80 Å². The first-order valence-electron chi connectivity index (χ1n) is 7.03. The lowest BCUT2D eigenvalue weighted by Gasteiger charge is -2.22. The fourth-order valence-electron chi connectivity index (χ4n) is 2.75. The van der Waals surface area contributed by atoms with Crippen molar-refractivity contribution in [1.29, 1.82) is 0 Å². The molecule has 4 heteroatoms. The van der Waals surface area contributed by atoms with E-state index in [4.69, 9.17) is 11.6 Å². The summed E-state index contributed by atoms with van der Waals surface area (Å²) in [4.78, 5) is 16.9. The summed E-state index contributed by atoms with van der Waals surface area (Å²) in [5.74, 6) is 0.111. The third-order valence-electron chi connectivity index (χ3n) is 3.95. The number of rotatable bonds is 2. The molecule has 19 heavy (non-hydrogen) atoms. The molecule has 0 spiro atoms. The number of nitrogens with zero attached hydrogens (tertiary/aromatic N) is 2. The molecule has 0 bridgehead atoms. The van der Waals surface area contributed by atoms with E-state index in [1.807, 2.05) is 17.0 Å². The Hall–Kier alpha value is -1.06. The van der Waals surface area contributed by atoms with Crippen LogP contribution in [0.4, 0.5) is 0 Å². The number of hydrogen-bond acceptors (Lipinski definition) is 2. The van der Waals surface area contributed by atoms with Crippen LogP contribution in [0.25, 0.3) is 0 Å². The summed E-state index contributed by atoms with van der Waals surface area (Å²) in [6.07, 6.45) is 3.74. The standard InChI is InChI=1S/C15H19ClN2O/c16-13-4-1-3-12(11-13)15(19)18-8-2-7-17(9-10-18)14-5-6-14/h1,3-4,11,14H,2,5-10H2. The molecule has 0 radical (unpaired) electrons. The van der Waals surface area contributed by atoms with Crippen LogP contribution in [0.15, 0.2) is 24.3 Å². The third kappa shape index (κ3) is 3.10. The normalized spacial score (nSPS) is 21.2. The molecule has 1 heterocycles. The van der Waals surface area contributed by atoms with Gasteiger partial charge in [-0.3, -0.25) is 9.69 Å². The summed E-state index contributed by atoms with van der Waals surface area (Å²) in [7, 11) is 0. The molecular formula is C15H19ClN2O. The number of hydrogen-bond donors (Lipinski definition) is 0. The highest BCUT2D eigenvalue weighted by molar-refractivity contribution is 6.30. The van der Waals surface area contributed by atoms with Gasteiger partial charge in [0.1, 0.15) is 0 Å². The van der Waals surface area contributed by atoms with Crippen LogP contribution < -0.4 is 0 Å². The largest absolute Gasteiger partial charge is 0.337 e. The molecule has 102 valence electrons. The Labute approximate surface area is 119 Å². The molecule has 2 aliphatic rings. The van der Waals surface area contributed by atoms with Crippen molar-refractivity contribution in [2.45, 2.75) is 25.3 Å². The van der Waals surface area contributed by atoms with E-state index in [-0.39, 0.29) is 5.91 Å². The second-order valence-corrected chi connectivity index (χ2v) is 5.86. The zero-order valence-corrected chi connectivity index (χ0v) is 11.8. The smallest absolute Gasteiger partial charge is 0.253 e. The fourth-order valence-corrected chi connectivity index (χ4v) is 2.94. The van der Waals surface area contributed by atoms with Gasteiger partial charge in [-0.1, -0.05) is 17.7 Å². The van der Waals surface area contributed by atoms with Gasteiger partial charge in [0.05, 0.1) is 0 Å². The number of carbonyl (C=O) groups excluding carboxylic acids is 1. The van der Waals surface area contributed by atoms with Gasteiger partial charge < -0.3 is 4.90 Å². The van der Waals surface area contributed by atoms with E-state index in [0.717, 1.165) is 38.6 Å². The zero-order valence-electron chi connectivity index (χ0n) is 11.0. The third-order valence-corrected chi connectivity index (χ3v) is 4.19. The molecule has 1 aromatic carbocycles. The van der Waals surface area contributed by atoms with Crippen LogP contribution in [-0.4, -0.2) is 47.9 Å². The van der Waals surface area contributed by atoms with E-state index in [1.165, 1.54) is 12.8 Å². The van der Waals surface area contributed by atoms with E-state index in [9.17, 15) is 4.79 Å². The van der Waals surface area contributed by atoms with Crippen LogP contribution in [0.2, 0.25) is 5.02 Å². The molecule has 0 aromatic heterocycles. The van der Waals surface area contributed by atoms with Crippen molar-refractivity contribution >= 4 is 17.5 Å². The first-order chi connectivity index (χ1) is 9.24. The van der Waals surface area contributed by atoms with Gasteiger partial charge in [-0.15, -0.1) is 0 Å². The lowest BCUT2D eigenvalue weighted by Crippen LogP contribution is -2.35. The summed E-state index contributed by atoms with van der Waals surface area (Å²) in [5.41, 5.74) is 0.701. The Morgan fingerprint density at radius 2 is 2.00 bits per heavy atom. The lowest BCUT2D eigenvalue weighted by molar-refractivity contribution is 0.0761. The van der Waals surface area contributed by atoms with Gasteiger partial charge in [0.25, 0.3) is 5.91 Å². The molecule has 1 saturated carbocycles. The monoisotopic (exact) mass is 278 g/mol. The van der Waals surface area contributed by atoms with Crippen LogP contribution in [0.5, 0.6) is 0 Å². The molecular weight excluding hydrogens is 260 g/mol. The molecule has 3 rings (SSSR count). The predicted molar refractivity (Wildman–Crippen MR) is 76.6 cm³/mol. The van der Waals surface area contributed by atoms with Crippen molar-refractivity contribution in [2.75, 3.05) is 26.2 Å². The first kappa shape index (κ1) is 12.9. The van der Waals surface area contributed by atoms with Crippen LogP contribution in [0.3, 0.4) is 0 Å². The van der Waals surface area contributed by atoms with Gasteiger partial charge >= 0.3 is 0 Å². The maximum absolute atomic E-state index is 12.4.